The second kappa shape index (κ2) is 6.33. The van der Waals surface area contributed by atoms with E-state index in [4.69, 9.17) is 0 Å². The Labute approximate surface area is 103 Å². The molecular weight excluding hydrogens is 206 g/mol. The van der Waals surface area contributed by atoms with Crippen molar-refractivity contribution in [1.29, 1.82) is 0 Å². The van der Waals surface area contributed by atoms with Gasteiger partial charge in [0.25, 0.3) is 0 Å². The maximum Gasteiger partial charge on any atom is 0.0463 e. The fourth-order valence-electron chi connectivity index (χ4n) is 1.54. The van der Waals surface area contributed by atoms with Crippen LogP contribution in [0, 0.1) is 0 Å². The number of hydrogen-bond donors (Lipinski definition) is 1. The first-order valence-corrected chi connectivity index (χ1v) is 5.37. The van der Waals surface area contributed by atoms with Crippen LogP contribution in [0.5, 0.6) is 0 Å². The van der Waals surface area contributed by atoms with Crippen LogP contribution in [-0.4, -0.2) is 0 Å². The van der Waals surface area contributed by atoms with Crippen molar-refractivity contribution in [3.05, 3.63) is 79.6 Å². The lowest BCUT2D eigenvalue weighted by molar-refractivity contribution is 1.46. The summed E-state index contributed by atoms with van der Waals surface area (Å²) >= 11 is 0. The summed E-state index contributed by atoms with van der Waals surface area (Å²) in [7, 11) is 0. The quantitative estimate of drug-likeness (QED) is 0.693. The van der Waals surface area contributed by atoms with Gasteiger partial charge in [-0.25, -0.2) is 0 Å². The van der Waals surface area contributed by atoms with Gasteiger partial charge in [-0.05, 0) is 23.8 Å². The topological polar surface area (TPSA) is 12.0 Å². The third-order valence-corrected chi connectivity index (χ3v) is 2.36. The molecule has 1 nitrogen and oxygen atoms in total. The third-order valence-electron chi connectivity index (χ3n) is 2.36. The van der Waals surface area contributed by atoms with Crippen molar-refractivity contribution in [2.45, 2.75) is 0 Å². The van der Waals surface area contributed by atoms with E-state index < -0.39 is 0 Å². The molecule has 0 aromatic heterocycles. The zero-order valence-corrected chi connectivity index (χ0v) is 9.95. The van der Waals surface area contributed by atoms with Gasteiger partial charge in [0.15, 0.2) is 0 Å². The molecule has 86 valence electrons. The Morgan fingerprint density at radius 1 is 1.06 bits per heavy atom. The van der Waals surface area contributed by atoms with E-state index in [-0.39, 0.29) is 0 Å². The molecule has 17 heavy (non-hydrogen) atoms. The smallest absolute Gasteiger partial charge is 0.0463 e. The molecule has 1 rings (SSSR count). The van der Waals surface area contributed by atoms with Gasteiger partial charge in [-0.3, -0.25) is 0 Å². The van der Waals surface area contributed by atoms with Gasteiger partial charge in [-0.15, -0.1) is 0 Å². The first-order valence-electron chi connectivity index (χ1n) is 5.37. The fourth-order valence-corrected chi connectivity index (χ4v) is 1.54. The van der Waals surface area contributed by atoms with Gasteiger partial charge in [0, 0.05) is 16.9 Å². The summed E-state index contributed by atoms with van der Waals surface area (Å²) in [5.41, 5.74) is 3.95. The average molecular weight is 223 g/mol. The lowest BCUT2D eigenvalue weighted by atomic mass is 10.0. The number of hydrogen-bond acceptors (Lipinski definition) is 1. The van der Waals surface area contributed by atoms with Gasteiger partial charge < -0.3 is 5.32 Å². The van der Waals surface area contributed by atoms with Crippen LogP contribution in [-0.2, 0) is 0 Å². The summed E-state index contributed by atoms with van der Waals surface area (Å²) in [6, 6.07) is 5.96. The van der Waals surface area contributed by atoms with Crippen molar-refractivity contribution >= 4 is 17.8 Å². The highest BCUT2D eigenvalue weighted by Crippen LogP contribution is 2.23. The highest BCUT2D eigenvalue weighted by Gasteiger charge is 2.03. The summed E-state index contributed by atoms with van der Waals surface area (Å²) in [5.74, 6) is 0. The van der Waals surface area contributed by atoms with Gasteiger partial charge in [0.05, 0.1) is 0 Å². The minimum Gasteiger partial charge on any atom is -0.355 e. The summed E-state index contributed by atoms with van der Waals surface area (Å²) in [6.07, 6.45) is 8.95. The molecule has 0 fully saturated rings. The summed E-state index contributed by atoms with van der Waals surface area (Å²) in [6.45, 7) is 15.0. The van der Waals surface area contributed by atoms with Gasteiger partial charge in [-0.1, -0.05) is 56.7 Å². The molecule has 0 saturated carbocycles. The Bertz CT molecular complexity index is 478. The Balaban J connectivity index is 3.18. The number of rotatable bonds is 6. The van der Waals surface area contributed by atoms with E-state index in [2.05, 4.69) is 31.6 Å². The van der Waals surface area contributed by atoms with Gasteiger partial charge in [0.1, 0.15) is 0 Å². The molecule has 1 aromatic rings. The fraction of sp³-hybridized carbons (Fsp3) is 0. The molecule has 0 saturated heterocycles. The van der Waals surface area contributed by atoms with Crippen molar-refractivity contribution in [2.24, 2.45) is 0 Å². The van der Waals surface area contributed by atoms with Crippen molar-refractivity contribution in [3.8, 4) is 0 Å². The van der Waals surface area contributed by atoms with E-state index in [1.165, 1.54) is 0 Å². The number of benzene rings is 1. The average Bonchev–Trinajstić information content (AvgIpc) is 2.37. The van der Waals surface area contributed by atoms with E-state index in [0.29, 0.717) is 0 Å². The van der Waals surface area contributed by atoms with Crippen molar-refractivity contribution < 1.29 is 0 Å². The summed E-state index contributed by atoms with van der Waals surface area (Å²) in [5, 5.41) is 3.28. The third kappa shape index (κ3) is 3.08. The van der Waals surface area contributed by atoms with Crippen LogP contribution in [0.3, 0.4) is 0 Å². The predicted octanol–water partition coefficient (Wildman–Crippen LogP) is 4.64. The van der Waals surface area contributed by atoms with Gasteiger partial charge in [0.2, 0.25) is 0 Å². The molecule has 0 bridgehead atoms. The van der Waals surface area contributed by atoms with Crippen LogP contribution >= 0.6 is 0 Å². The maximum absolute atomic E-state index is 3.83. The minimum atomic E-state index is 0.893. The molecule has 0 aliphatic rings. The lowest BCUT2D eigenvalue weighted by Gasteiger charge is -2.12. The van der Waals surface area contributed by atoms with E-state index in [1.807, 2.05) is 36.4 Å². The van der Waals surface area contributed by atoms with Crippen LogP contribution in [0.2, 0.25) is 0 Å². The monoisotopic (exact) mass is 223 g/mol. The Kier molecular flexibility index (Phi) is 4.77. The summed E-state index contributed by atoms with van der Waals surface area (Å²) in [4.78, 5) is 0. The number of nitrogens with one attached hydrogen (secondary N) is 1. The largest absolute Gasteiger partial charge is 0.355 e. The number of anilines is 1. The maximum atomic E-state index is 3.83. The van der Waals surface area contributed by atoms with Gasteiger partial charge in [-0.2, -0.15) is 0 Å². The molecule has 0 radical (unpaired) electrons. The van der Waals surface area contributed by atoms with E-state index in [1.54, 1.807) is 12.2 Å². The molecule has 0 aliphatic carbocycles. The van der Waals surface area contributed by atoms with Crippen molar-refractivity contribution in [3.63, 3.8) is 0 Å². The van der Waals surface area contributed by atoms with E-state index in [9.17, 15) is 0 Å². The van der Waals surface area contributed by atoms with Crippen LogP contribution in [0.1, 0.15) is 11.1 Å². The standard InChI is InChI=1S/C16H17N/c1-5-10-14(7-3)17-16-12-9-11-13(6-2)15(16)8-4/h5-12,17H,1-4H2/b14-10+. The van der Waals surface area contributed by atoms with Crippen LogP contribution in [0.15, 0.2) is 68.4 Å². The Hall–Kier alpha value is -2.28. The first kappa shape index (κ1) is 12.8. The highest BCUT2D eigenvalue weighted by atomic mass is 14.9. The van der Waals surface area contributed by atoms with Crippen molar-refractivity contribution in [1.82, 2.24) is 0 Å². The molecule has 0 unspecified atom stereocenters. The molecule has 0 spiro atoms. The molecule has 1 aromatic carbocycles. The zero-order chi connectivity index (χ0) is 12.7. The molecule has 0 atom stereocenters. The molecule has 0 amide bonds. The zero-order valence-electron chi connectivity index (χ0n) is 9.95. The predicted molar refractivity (Wildman–Crippen MR) is 78.7 cm³/mol. The molecule has 1 heteroatoms. The van der Waals surface area contributed by atoms with Crippen molar-refractivity contribution in [2.75, 3.05) is 5.32 Å². The van der Waals surface area contributed by atoms with Crippen LogP contribution in [0.25, 0.3) is 12.2 Å². The second-order valence-electron chi connectivity index (χ2n) is 3.40. The van der Waals surface area contributed by atoms with Crippen LogP contribution in [0.4, 0.5) is 5.69 Å². The highest BCUT2D eigenvalue weighted by molar-refractivity contribution is 5.76. The molecule has 1 N–H and O–H groups in total. The summed E-state index contributed by atoms with van der Waals surface area (Å²) < 4.78 is 0. The molecule has 0 aliphatic heterocycles. The Morgan fingerprint density at radius 3 is 2.35 bits per heavy atom. The molecular formula is C16H17N. The first-order chi connectivity index (χ1) is 8.26. The lowest BCUT2D eigenvalue weighted by Crippen LogP contribution is -1.99. The van der Waals surface area contributed by atoms with Gasteiger partial charge >= 0.3 is 0 Å². The second-order valence-corrected chi connectivity index (χ2v) is 3.40. The normalized spacial score (nSPS) is 10.5. The van der Waals surface area contributed by atoms with E-state index in [0.717, 1.165) is 22.5 Å². The molecule has 0 heterocycles. The number of allylic oxidation sites excluding steroid dienone is 3. The Morgan fingerprint density at radius 2 is 1.82 bits per heavy atom. The SMILES string of the molecule is C=C/C=C(\C=C)Nc1cccc(C=C)c1C=C. The minimum absolute atomic E-state index is 0.893. The van der Waals surface area contributed by atoms with Crippen LogP contribution < -0.4 is 5.32 Å². The van der Waals surface area contributed by atoms with E-state index >= 15 is 0 Å².